The van der Waals surface area contributed by atoms with E-state index in [4.69, 9.17) is 11.6 Å². The summed E-state index contributed by atoms with van der Waals surface area (Å²) in [7, 11) is 0. The van der Waals surface area contributed by atoms with Crippen LogP contribution in [0.5, 0.6) is 0 Å². The van der Waals surface area contributed by atoms with Crippen molar-refractivity contribution in [3.8, 4) is 0 Å². The highest BCUT2D eigenvalue weighted by atomic mass is 35.5. The van der Waals surface area contributed by atoms with E-state index >= 15 is 0 Å². The lowest BCUT2D eigenvalue weighted by molar-refractivity contribution is 0.567. The van der Waals surface area contributed by atoms with E-state index in [1.807, 2.05) is 17.4 Å². The van der Waals surface area contributed by atoms with E-state index in [9.17, 15) is 0 Å². The zero-order valence-electron chi connectivity index (χ0n) is 11.9. The fourth-order valence-corrected chi connectivity index (χ4v) is 4.39. The van der Waals surface area contributed by atoms with Crippen LogP contribution in [0.1, 0.15) is 34.0 Å². The zero-order valence-corrected chi connectivity index (χ0v) is 13.4. The van der Waals surface area contributed by atoms with Gasteiger partial charge in [-0.3, -0.25) is 0 Å². The Morgan fingerprint density at radius 1 is 1.29 bits per heavy atom. The molecule has 0 radical (unpaired) electrons. The molecule has 1 aliphatic heterocycles. The standard InChI is InChI=1S/C17H17ClN2S/c1-2-11-4-6-15(21-11)17-16-12(7-8-19-17)13-9-10(18)3-5-14(13)20-16/h3-6,9,17,19-20H,2,7-8H2,1H3. The molecule has 2 N–H and O–H groups in total. The van der Waals surface area contributed by atoms with E-state index in [0.29, 0.717) is 0 Å². The average Bonchev–Trinajstić information content (AvgIpc) is 3.11. The first-order chi connectivity index (χ1) is 10.3. The van der Waals surface area contributed by atoms with Crippen LogP contribution < -0.4 is 5.32 Å². The third kappa shape index (κ3) is 2.20. The van der Waals surface area contributed by atoms with Gasteiger partial charge in [-0.2, -0.15) is 0 Å². The van der Waals surface area contributed by atoms with Gasteiger partial charge in [-0.1, -0.05) is 18.5 Å². The first-order valence-corrected chi connectivity index (χ1v) is 8.57. The molecule has 1 atom stereocenters. The Kier molecular flexibility index (Phi) is 3.29. The molecule has 2 aromatic heterocycles. The number of thiophene rings is 1. The minimum Gasteiger partial charge on any atom is -0.357 e. The molecule has 1 aliphatic rings. The molecule has 4 heteroatoms. The maximum absolute atomic E-state index is 6.17. The van der Waals surface area contributed by atoms with Crippen molar-refractivity contribution < 1.29 is 0 Å². The van der Waals surface area contributed by atoms with Crippen molar-refractivity contribution in [2.45, 2.75) is 25.8 Å². The predicted molar refractivity (Wildman–Crippen MR) is 90.6 cm³/mol. The fourth-order valence-electron chi connectivity index (χ4n) is 3.18. The van der Waals surface area contributed by atoms with E-state index in [1.165, 1.54) is 31.9 Å². The third-order valence-corrected chi connectivity index (χ3v) is 5.76. The molecule has 21 heavy (non-hydrogen) atoms. The van der Waals surface area contributed by atoms with E-state index in [-0.39, 0.29) is 6.04 Å². The summed E-state index contributed by atoms with van der Waals surface area (Å²) in [6.07, 6.45) is 2.16. The fraction of sp³-hybridized carbons (Fsp3) is 0.294. The van der Waals surface area contributed by atoms with Gasteiger partial charge in [-0.25, -0.2) is 0 Å². The summed E-state index contributed by atoms with van der Waals surface area (Å²) in [5.41, 5.74) is 3.91. The van der Waals surface area contributed by atoms with E-state index in [2.05, 4.69) is 41.5 Å². The third-order valence-electron chi connectivity index (χ3n) is 4.23. The highest BCUT2D eigenvalue weighted by molar-refractivity contribution is 7.12. The van der Waals surface area contributed by atoms with Gasteiger partial charge >= 0.3 is 0 Å². The van der Waals surface area contributed by atoms with Crippen molar-refractivity contribution in [3.05, 3.63) is 56.4 Å². The Morgan fingerprint density at radius 3 is 3.00 bits per heavy atom. The number of aromatic amines is 1. The number of nitrogens with one attached hydrogen (secondary N) is 2. The maximum atomic E-state index is 6.17. The number of rotatable bonds is 2. The van der Waals surface area contributed by atoms with Crippen molar-refractivity contribution in [1.29, 1.82) is 0 Å². The molecule has 2 nitrogen and oxygen atoms in total. The van der Waals surface area contributed by atoms with Crippen molar-refractivity contribution in [1.82, 2.24) is 10.3 Å². The minimum absolute atomic E-state index is 0.283. The smallest absolute Gasteiger partial charge is 0.0826 e. The number of hydrogen-bond donors (Lipinski definition) is 2. The lowest BCUT2D eigenvalue weighted by atomic mass is 9.98. The van der Waals surface area contributed by atoms with Crippen molar-refractivity contribution in [3.63, 3.8) is 0 Å². The van der Waals surface area contributed by atoms with Gasteiger partial charge < -0.3 is 10.3 Å². The second kappa shape index (κ2) is 5.16. The molecular weight excluding hydrogens is 300 g/mol. The van der Waals surface area contributed by atoms with Crippen LogP contribution in [0.4, 0.5) is 0 Å². The zero-order chi connectivity index (χ0) is 14.4. The molecule has 0 saturated heterocycles. The molecule has 0 spiro atoms. The molecule has 3 heterocycles. The van der Waals surface area contributed by atoms with Crippen LogP contribution in [0.15, 0.2) is 30.3 Å². The van der Waals surface area contributed by atoms with Crippen molar-refractivity contribution in [2.75, 3.05) is 6.54 Å². The molecule has 1 unspecified atom stereocenters. The molecule has 1 aromatic carbocycles. The van der Waals surface area contributed by atoms with Crippen molar-refractivity contribution >= 4 is 33.8 Å². The van der Waals surface area contributed by atoms with Crippen LogP contribution in [0.25, 0.3) is 10.9 Å². The topological polar surface area (TPSA) is 27.8 Å². The number of benzene rings is 1. The van der Waals surface area contributed by atoms with Gasteiger partial charge in [0, 0.05) is 37.9 Å². The van der Waals surface area contributed by atoms with Crippen LogP contribution in [0, 0.1) is 0 Å². The molecule has 108 valence electrons. The van der Waals surface area contributed by atoms with E-state index in [0.717, 1.165) is 24.4 Å². The normalized spacial score (nSPS) is 18.1. The molecule has 0 amide bonds. The first kappa shape index (κ1) is 13.4. The maximum Gasteiger partial charge on any atom is 0.0826 e. The largest absolute Gasteiger partial charge is 0.357 e. The van der Waals surface area contributed by atoms with Crippen molar-refractivity contribution in [2.24, 2.45) is 0 Å². The van der Waals surface area contributed by atoms with E-state index in [1.54, 1.807) is 0 Å². The number of aromatic nitrogens is 1. The lowest BCUT2D eigenvalue weighted by Crippen LogP contribution is -2.29. The summed E-state index contributed by atoms with van der Waals surface area (Å²) in [4.78, 5) is 6.44. The number of fused-ring (bicyclic) bond motifs is 3. The molecule has 0 aliphatic carbocycles. The second-order valence-electron chi connectivity index (χ2n) is 5.50. The van der Waals surface area contributed by atoms with Crippen LogP contribution in [-0.2, 0) is 12.8 Å². The highest BCUT2D eigenvalue weighted by Gasteiger charge is 2.26. The quantitative estimate of drug-likeness (QED) is 0.706. The Labute approximate surface area is 133 Å². The van der Waals surface area contributed by atoms with Gasteiger partial charge in [0.15, 0.2) is 0 Å². The second-order valence-corrected chi connectivity index (χ2v) is 7.14. The average molecular weight is 317 g/mol. The SMILES string of the molecule is CCc1ccc(C2NCCc3c2[nH]c2ccc(Cl)cc32)s1. The monoisotopic (exact) mass is 316 g/mol. The first-order valence-electron chi connectivity index (χ1n) is 7.38. The summed E-state index contributed by atoms with van der Waals surface area (Å²) >= 11 is 8.07. The van der Waals surface area contributed by atoms with Gasteiger partial charge in [0.05, 0.1) is 6.04 Å². The molecule has 0 fully saturated rings. The summed E-state index contributed by atoms with van der Waals surface area (Å²) in [5, 5.41) is 5.73. The minimum atomic E-state index is 0.283. The molecule has 3 aromatic rings. The summed E-state index contributed by atoms with van der Waals surface area (Å²) in [6, 6.07) is 10.9. The number of H-pyrrole nitrogens is 1. The Morgan fingerprint density at radius 2 is 2.19 bits per heavy atom. The van der Waals surface area contributed by atoms with Crippen LogP contribution in [0.3, 0.4) is 0 Å². The predicted octanol–water partition coefficient (Wildman–Crippen LogP) is 4.68. The highest BCUT2D eigenvalue weighted by Crippen LogP contribution is 2.36. The number of aryl methyl sites for hydroxylation is 1. The Balaban J connectivity index is 1.85. The van der Waals surface area contributed by atoms with Gasteiger partial charge in [0.1, 0.15) is 0 Å². The van der Waals surface area contributed by atoms with Crippen LogP contribution in [-0.4, -0.2) is 11.5 Å². The van der Waals surface area contributed by atoms with Gasteiger partial charge in [-0.05, 0) is 48.7 Å². The summed E-state index contributed by atoms with van der Waals surface area (Å²) < 4.78 is 0. The number of halogens is 1. The van der Waals surface area contributed by atoms with Gasteiger partial charge in [-0.15, -0.1) is 11.3 Å². The lowest BCUT2D eigenvalue weighted by Gasteiger charge is -2.23. The van der Waals surface area contributed by atoms with E-state index < -0.39 is 0 Å². The Bertz CT molecular complexity index is 802. The molecule has 0 bridgehead atoms. The number of hydrogen-bond acceptors (Lipinski definition) is 2. The van der Waals surface area contributed by atoms with Crippen LogP contribution in [0.2, 0.25) is 5.02 Å². The van der Waals surface area contributed by atoms with Crippen LogP contribution >= 0.6 is 22.9 Å². The summed E-state index contributed by atoms with van der Waals surface area (Å²) in [5.74, 6) is 0. The molecular formula is C17H17ClN2S. The molecule has 4 rings (SSSR count). The van der Waals surface area contributed by atoms with Gasteiger partial charge in [0.25, 0.3) is 0 Å². The van der Waals surface area contributed by atoms with Gasteiger partial charge in [0.2, 0.25) is 0 Å². The molecule has 0 saturated carbocycles. The summed E-state index contributed by atoms with van der Waals surface area (Å²) in [6.45, 7) is 3.22. The Hall–Kier alpha value is -1.29.